The molecule has 0 aromatic heterocycles. The number of carboxylic acid groups (broad SMARTS) is 1. The van der Waals surface area contributed by atoms with Gasteiger partial charge in [-0.05, 0) is 0 Å². The van der Waals surface area contributed by atoms with Gasteiger partial charge in [-0.2, -0.15) is 12.6 Å². The zero-order chi connectivity index (χ0) is 10.9. The molecule has 0 bridgehead atoms. The van der Waals surface area contributed by atoms with Gasteiger partial charge in [-0.1, -0.05) is 0 Å². The number of rotatable bonds is 4. The molecule has 0 aromatic carbocycles. The number of hydrogen-bond acceptors (Lipinski definition) is 4. The van der Waals surface area contributed by atoms with Crippen LogP contribution in [0.25, 0.3) is 0 Å². The van der Waals surface area contributed by atoms with Gasteiger partial charge in [-0.15, -0.1) is 0 Å². The van der Waals surface area contributed by atoms with Gasteiger partial charge in [0.2, 0.25) is 5.91 Å². The first kappa shape index (κ1) is 15.6. The van der Waals surface area contributed by atoms with E-state index in [1.54, 1.807) is 0 Å². The monoisotopic (exact) mass is 395 g/mol. The zero-order valence-electron chi connectivity index (χ0n) is 7.49. The maximum absolute atomic E-state index is 10.7. The van der Waals surface area contributed by atoms with Crippen LogP contribution in [0.15, 0.2) is 0 Å². The second-order valence-corrected chi connectivity index (χ2v) is 2.27. The van der Waals surface area contributed by atoms with Crippen LogP contribution in [-0.2, 0) is 35.7 Å². The number of amides is 1. The van der Waals surface area contributed by atoms with E-state index < -0.39 is 24.5 Å². The molecule has 0 aromatic rings. The van der Waals surface area contributed by atoms with Gasteiger partial charge < -0.3 is 16.2 Å². The van der Waals surface area contributed by atoms with Crippen molar-refractivity contribution in [3.8, 4) is 0 Å². The number of nitrogens with two attached hydrogens (primary N) is 1. The first-order valence-corrected chi connectivity index (χ1v) is 9.77. The third-order valence-corrected chi connectivity index (χ3v) is 1.34. The molecule has 0 aliphatic rings. The summed E-state index contributed by atoms with van der Waals surface area (Å²) in [6.07, 6.45) is 0. The number of aliphatic carboxylic acids is 1. The van der Waals surface area contributed by atoms with Gasteiger partial charge in [0.1, 0.15) is 6.54 Å². The van der Waals surface area contributed by atoms with Gasteiger partial charge in [0.15, 0.2) is 0 Å². The Morgan fingerprint density at radius 1 is 1.62 bits per heavy atom. The van der Waals surface area contributed by atoms with E-state index in [9.17, 15) is 9.59 Å². The molecule has 1 atom stereocenters. The van der Waals surface area contributed by atoms with Gasteiger partial charge in [-0.3, -0.25) is 9.59 Å². The van der Waals surface area contributed by atoms with Gasteiger partial charge in [0, 0.05) is 5.75 Å². The van der Waals surface area contributed by atoms with Crippen molar-refractivity contribution >= 4 is 24.5 Å². The number of thiol groups is 1. The third kappa shape index (κ3) is 10.1. The topological polar surface area (TPSA) is 92.4 Å². The molecule has 13 heavy (non-hydrogen) atoms. The van der Waals surface area contributed by atoms with Crippen molar-refractivity contribution in [1.29, 1.82) is 0 Å². The zero-order valence-corrected chi connectivity index (χ0v) is 13.9. The van der Waals surface area contributed by atoms with Crippen molar-refractivity contribution in [3.05, 3.63) is 0 Å². The van der Waals surface area contributed by atoms with Crippen LogP contribution in [0.2, 0.25) is 4.43 Å². The van der Waals surface area contributed by atoms with Crippen molar-refractivity contribution in [2.24, 2.45) is 5.73 Å². The molecule has 0 spiro atoms. The van der Waals surface area contributed by atoms with Crippen LogP contribution >= 0.6 is 12.6 Å². The van der Waals surface area contributed by atoms with Crippen LogP contribution in [0.1, 0.15) is 0 Å². The van der Waals surface area contributed by atoms with E-state index in [4.69, 9.17) is 10.8 Å². The standard InChI is InChI=1S/C5H10N2O3S.CH3.Hg/c6-3(2-11)5(10)7-1-4(8)9;;/h3,11H,1-2,6H2,(H,7,10)(H,8,9);1H3;/q;;+1. The summed E-state index contributed by atoms with van der Waals surface area (Å²) in [7, 11) is 0. The Bertz CT molecular complexity index is 168. The van der Waals surface area contributed by atoms with E-state index in [2.05, 4.69) is 22.4 Å². The molecule has 1 amide bonds. The molecule has 0 aliphatic carbocycles. The molecule has 72 valence electrons. The fourth-order valence-electron chi connectivity index (χ4n) is 0.377. The number of carboxylic acids is 1. The molecule has 0 saturated heterocycles. The molecule has 0 radical (unpaired) electrons. The van der Waals surface area contributed by atoms with Crippen molar-refractivity contribution in [1.82, 2.24) is 5.32 Å². The molecular weight excluding hydrogens is 381 g/mol. The summed E-state index contributed by atoms with van der Waals surface area (Å²) in [5, 5.41) is 10.3. The van der Waals surface area contributed by atoms with Gasteiger partial charge in [0.05, 0.1) is 6.04 Å². The van der Waals surface area contributed by atoms with Gasteiger partial charge >= 0.3 is 36.5 Å². The minimum absolute atomic E-state index is 0.200. The van der Waals surface area contributed by atoms with E-state index >= 15 is 0 Å². The summed E-state index contributed by atoms with van der Waals surface area (Å²) in [4.78, 5) is 20.7. The average molecular weight is 394 g/mol. The van der Waals surface area contributed by atoms with E-state index in [1.807, 2.05) is 0 Å². The average Bonchev–Trinajstić information content (AvgIpc) is 2.16. The molecule has 0 saturated carbocycles. The third-order valence-electron chi connectivity index (χ3n) is 0.947. The van der Waals surface area contributed by atoms with Gasteiger partial charge in [-0.25, -0.2) is 0 Å². The number of carbonyl (C=O) groups is 2. The first-order chi connectivity index (χ1) is 6.07. The summed E-state index contributed by atoms with van der Waals surface area (Å²) < 4.78 is 2.19. The molecule has 5 nitrogen and oxygen atoms in total. The van der Waals surface area contributed by atoms with E-state index in [1.165, 1.54) is 0 Å². The fourth-order valence-corrected chi connectivity index (χ4v) is 0.543. The summed E-state index contributed by atoms with van der Waals surface area (Å²) in [5.41, 5.74) is 5.22. The van der Waals surface area contributed by atoms with Crippen molar-refractivity contribution < 1.29 is 40.8 Å². The Kier molecular flexibility index (Phi) is 12.4. The quantitative estimate of drug-likeness (QED) is 0.365. The number of carbonyl (C=O) groups excluding carboxylic acids is 1. The molecule has 0 heterocycles. The second kappa shape index (κ2) is 10.3. The van der Waals surface area contributed by atoms with Crippen LogP contribution in [0.4, 0.5) is 0 Å². The van der Waals surface area contributed by atoms with E-state index in [0.29, 0.717) is 0 Å². The molecule has 0 aliphatic heterocycles. The van der Waals surface area contributed by atoms with Crippen molar-refractivity contribution in [2.45, 2.75) is 10.5 Å². The predicted octanol–water partition coefficient (Wildman–Crippen LogP) is -0.974. The van der Waals surface area contributed by atoms with E-state index in [0.717, 1.165) is 26.1 Å². The Labute approximate surface area is 98.8 Å². The molecule has 1 unspecified atom stereocenters. The summed E-state index contributed by atoms with van der Waals surface area (Å²) in [6, 6.07) is -0.738. The molecular formula is C6H13HgN2O3S+. The number of hydrogen-bond donors (Lipinski definition) is 4. The normalized spacial score (nSPS) is 10.8. The minimum atomic E-state index is -1.09. The van der Waals surface area contributed by atoms with Crippen LogP contribution in [-0.4, -0.2) is 35.3 Å². The van der Waals surface area contributed by atoms with Crippen LogP contribution in [0, 0.1) is 0 Å². The maximum atomic E-state index is 10.7. The summed E-state index contributed by atoms with van der Waals surface area (Å²) in [6.45, 7) is -0.402. The van der Waals surface area contributed by atoms with Gasteiger partial charge in [0.25, 0.3) is 0 Å². The Morgan fingerprint density at radius 2 is 2.08 bits per heavy atom. The second-order valence-electron chi connectivity index (χ2n) is 1.90. The van der Waals surface area contributed by atoms with Crippen molar-refractivity contribution in [3.63, 3.8) is 0 Å². The van der Waals surface area contributed by atoms with E-state index in [-0.39, 0.29) is 5.75 Å². The van der Waals surface area contributed by atoms with Crippen LogP contribution in [0.3, 0.4) is 0 Å². The molecule has 4 N–H and O–H groups in total. The molecule has 7 heteroatoms. The fraction of sp³-hybridized carbons (Fsp3) is 0.667. The van der Waals surface area contributed by atoms with Crippen LogP contribution < -0.4 is 11.1 Å². The first-order valence-electron chi connectivity index (χ1n) is 3.64. The SMILES string of the molecule is NC(CS)C(=O)NCC(=O)O.[CH3][Hg+]. The summed E-state index contributed by atoms with van der Waals surface area (Å²) in [5.74, 6) is -1.39. The molecule has 0 rings (SSSR count). The summed E-state index contributed by atoms with van der Waals surface area (Å²) >= 11 is 4.79. The molecule has 0 fully saturated rings. The Morgan fingerprint density at radius 3 is 2.38 bits per heavy atom. The Hall–Kier alpha value is 0.185. The Balaban J connectivity index is 0. The van der Waals surface area contributed by atoms with Crippen LogP contribution in [0.5, 0.6) is 0 Å². The predicted molar refractivity (Wildman–Crippen MR) is 48.3 cm³/mol. The number of nitrogens with one attached hydrogen (secondary N) is 1. The van der Waals surface area contributed by atoms with Crippen molar-refractivity contribution in [2.75, 3.05) is 12.3 Å².